The maximum atomic E-state index is 5.87. The van der Waals surface area contributed by atoms with Crippen LogP contribution < -0.4 is 5.32 Å². The lowest BCUT2D eigenvalue weighted by Crippen LogP contribution is -2.16. The fraction of sp³-hybridized carbons (Fsp3) is 0.400. The number of hydrogen-bond donors (Lipinski definition) is 1. The van der Waals surface area contributed by atoms with E-state index in [1.54, 1.807) is 12.4 Å². The lowest BCUT2D eigenvalue weighted by molar-refractivity contribution is 0.446. The van der Waals surface area contributed by atoms with Crippen molar-refractivity contribution >= 4 is 11.6 Å². The highest BCUT2D eigenvalue weighted by atomic mass is 35.5. The van der Waals surface area contributed by atoms with E-state index in [2.05, 4.69) is 15.3 Å². The zero-order valence-electron chi connectivity index (χ0n) is 9.20. The van der Waals surface area contributed by atoms with Crippen LogP contribution in [0.1, 0.15) is 17.5 Å². The lowest BCUT2D eigenvalue weighted by Gasteiger charge is -2.03. The molecule has 0 aliphatic carbocycles. The van der Waals surface area contributed by atoms with E-state index in [-0.39, 0.29) is 0 Å². The molecular formula is C10H13ClN4O. The van der Waals surface area contributed by atoms with Crippen LogP contribution in [0.2, 0.25) is 5.15 Å². The third-order valence-corrected chi connectivity index (χ3v) is 2.61. The molecule has 0 radical (unpaired) electrons. The summed E-state index contributed by atoms with van der Waals surface area (Å²) in [5.74, 6) is 2.38. The molecule has 86 valence electrons. The van der Waals surface area contributed by atoms with Gasteiger partial charge in [0.15, 0.2) is 0 Å². The fourth-order valence-corrected chi connectivity index (χ4v) is 1.50. The Morgan fingerprint density at radius 2 is 2.19 bits per heavy atom. The van der Waals surface area contributed by atoms with Gasteiger partial charge in [-0.3, -0.25) is 0 Å². The predicted octanol–water partition coefficient (Wildman–Crippen LogP) is 1.66. The smallest absolute Gasteiger partial charge is 0.208 e. The highest BCUT2D eigenvalue weighted by Crippen LogP contribution is 2.08. The summed E-state index contributed by atoms with van der Waals surface area (Å²) in [4.78, 5) is 8.26. The van der Waals surface area contributed by atoms with E-state index in [0.717, 1.165) is 11.6 Å². The van der Waals surface area contributed by atoms with Gasteiger partial charge in [0.1, 0.15) is 16.7 Å². The maximum absolute atomic E-state index is 5.87. The second-order valence-electron chi connectivity index (χ2n) is 3.52. The molecular weight excluding hydrogens is 228 g/mol. The number of rotatable bonds is 4. The van der Waals surface area contributed by atoms with Crippen molar-refractivity contribution in [3.8, 4) is 0 Å². The molecule has 1 N–H and O–H groups in total. The van der Waals surface area contributed by atoms with Crippen LogP contribution in [0.3, 0.4) is 0 Å². The number of hydrogen-bond acceptors (Lipinski definition) is 4. The van der Waals surface area contributed by atoms with Crippen LogP contribution in [0, 0.1) is 6.92 Å². The van der Waals surface area contributed by atoms with Gasteiger partial charge in [0.2, 0.25) is 5.89 Å². The zero-order chi connectivity index (χ0) is 11.5. The summed E-state index contributed by atoms with van der Waals surface area (Å²) in [5.41, 5.74) is 0. The number of imidazole rings is 1. The molecule has 0 atom stereocenters. The highest BCUT2D eigenvalue weighted by Gasteiger charge is 2.05. The number of oxazole rings is 1. The van der Waals surface area contributed by atoms with E-state index in [1.165, 1.54) is 0 Å². The second kappa shape index (κ2) is 4.67. The van der Waals surface area contributed by atoms with Gasteiger partial charge < -0.3 is 14.3 Å². The van der Waals surface area contributed by atoms with Gasteiger partial charge in [-0.15, -0.1) is 0 Å². The van der Waals surface area contributed by atoms with E-state index in [1.807, 2.05) is 18.5 Å². The first-order valence-electron chi connectivity index (χ1n) is 4.95. The van der Waals surface area contributed by atoms with Crippen LogP contribution in [-0.2, 0) is 20.1 Å². The first kappa shape index (κ1) is 11.2. The first-order chi connectivity index (χ1) is 7.66. The van der Waals surface area contributed by atoms with E-state index in [9.17, 15) is 0 Å². The predicted molar refractivity (Wildman–Crippen MR) is 60.0 cm³/mol. The zero-order valence-corrected chi connectivity index (χ0v) is 9.95. The monoisotopic (exact) mass is 240 g/mol. The van der Waals surface area contributed by atoms with Gasteiger partial charge in [0, 0.05) is 7.05 Å². The van der Waals surface area contributed by atoms with Crippen LogP contribution in [-0.4, -0.2) is 14.5 Å². The summed E-state index contributed by atoms with van der Waals surface area (Å²) in [6.45, 7) is 3.08. The molecule has 2 heterocycles. The number of aryl methyl sites for hydroxylation is 1. The van der Waals surface area contributed by atoms with E-state index >= 15 is 0 Å². The average Bonchev–Trinajstić information content (AvgIpc) is 2.79. The molecule has 2 aromatic heterocycles. The van der Waals surface area contributed by atoms with Crippen LogP contribution in [0.4, 0.5) is 0 Å². The van der Waals surface area contributed by atoms with Gasteiger partial charge >= 0.3 is 0 Å². The van der Waals surface area contributed by atoms with Crippen LogP contribution in [0.15, 0.2) is 16.8 Å². The number of aromatic nitrogens is 3. The fourth-order valence-electron chi connectivity index (χ4n) is 1.35. The third kappa shape index (κ3) is 2.43. The molecule has 0 saturated heterocycles. The van der Waals surface area contributed by atoms with E-state index in [4.69, 9.17) is 16.0 Å². The van der Waals surface area contributed by atoms with Crippen molar-refractivity contribution in [3.63, 3.8) is 0 Å². The van der Waals surface area contributed by atoms with Gasteiger partial charge in [-0.05, 0) is 6.92 Å². The van der Waals surface area contributed by atoms with Crippen LogP contribution >= 0.6 is 11.6 Å². The molecule has 0 amide bonds. The molecule has 0 aliphatic heterocycles. The van der Waals surface area contributed by atoms with Crippen molar-refractivity contribution in [1.82, 2.24) is 19.9 Å². The maximum Gasteiger partial charge on any atom is 0.208 e. The Hall–Kier alpha value is -1.33. The Labute approximate surface area is 98.5 Å². The molecule has 5 nitrogen and oxygen atoms in total. The topological polar surface area (TPSA) is 55.9 Å². The minimum atomic E-state index is 0.582. The lowest BCUT2D eigenvalue weighted by atomic mass is 10.5. The quantitative estimate of drug-likeness (QED) is 0.883. The molecule has 6 heteroatoms. The Balaban J connectivity index is 1.86. The van der Waals surface area contributed by atoms with Gasteiger partial charge in [0.25, 0.3) is 0 Å². The molecule has 0 saturated carbocycles. The van der Waals surface area contributed by atoms with Crippen LogP contribution in [0.25, 0.3) is 0 Å². The number of nitrogens with one attached hydrogen (secondary N) is 1. The minimum Gasteiger partial charge on any atom is -0.445 e. The molecule has 0 fully saturated rings. The SMILES string of the molecule is Cc1cnc(CNCc2ncc(Cl)n2C)o1. The van der Waals surface area contributed by atoms with Crippen LogP contribution in [0.5, 0.6) is 0 Å². The summed E-state index contributed by atoms with van der Waals surface area (Å²) >= 11 is 5.87. The summed E-state index contributed by atoms with van der Waals surface area (Å²) in [5, 5.41) is 3.82. The van der Waals surface area contributed by atoms with E-state index in [0.29, 0.717) is 24.1 Å². The third-order valence-electron chi connectivity index (χ3n) is 2.26. The standard InChI is InChI=1S/C10H13ClN4O/c1-7-3-14-10(16-7)6-12-5-9-13-4-8(11)15(9)2/h3-4,12H,5-6H2,1-2H3. The van der Waals surface area contributed by atoms with Crippen molar-refractivity contribution in [2.75, 3.05) is 0 Å². The Bertz CT molecular complexity index is 477. The first-order valence-corrected chi connectivity index (χ1v) is 5.32. The molecule has 0 unspecified atom stereocenters. The van der Waals surface area contributed by atoms with E-state index < -0.39 is 0 Å². The Morgan fingerprint density at radius 1 is 1.38 bits per heavy atom. The summed E-state index contributed by atoms with van der Waals surface area (Å²) in [6.07, 6.45) is 3.34. The normalized spacial score (nSPS) is 10.9. The second-order valence-corrected chi connectivity index (χ2v) is 3.91. The van der Waals surface area contributed by atoms with Gasteiger partial charge in [-0.2, -0.15) is 0 Å². The Kier molecular flexibility index (Phi) is 3.26. The summed E-state index contributed by atoms with van der Waals surface area (Å²) in [6, 6.07) is 0. The van der Waals surface area contributed by atoms with Crippen molar-refractivity contribution in [2.24, 2.45) is 7.05 Å². The van der Waals surface area contributed by atoms with Gasteiger partial charge in [0.05, 0.1) is 25.5 Å². The molecule has 0 bridgehead atoms. The minimum absolute atomic E-state index is 0.582. The number of halogens is 1. The average molecular weight is 241 g/mol. The van der Waals surface area contributed by atoms with Crippen molar-refractivity contribution in [2.45, 2.75) is 20.0 Å². The van der Waals surface area contributed by atoms with Crippen molar-refractivity contribution < 1.29 is 4.42 Å². The summed E-state index contributed by atoms with van der Waals surface area (Å²) < 4.78 is 7.16. The van der Waals surface area contributed by atoms with Gasteiger partial charge in [-0.25, -0.2) is 9.97 Å². The van der Waals surface area contributed by atoms with Gasteiger partial charge in [-0.1, -0.05) is 11.6 Å². The molecule has 2 rings (SSSR count). The largest absolute Gasteiger partial charge is 0.445 e. The van der Waals surface area contributed by atoms with Crippen molar-refractivity contribution in [3.05, 3.63) is 35.0 Å². The molecule has 2 aromatic rings. The number of nitrogens with zero attached hydrogens (tertiary/aromatic N) is 3. The molecule has 16 heavy (non-hydrogen) atoms. The van der Waals surface area contributed by atoms with Crippen molar-refractivity contribution in [1.29, 1.82) is 0 Å². The highest BCUT2D eigenvalue weighted by molar-refractivity contribution is 6.29. The molecule has 0 spiro atoms. The Morgan fingerprint density at radius 3 is 2.75 bits per heavy atom. The molecule has 0 aromatic carbocycles. The molecule has 0 aliphatic rings. The summed E-state index contributed by atoms with van der Waals surface area (Å²) in [7, 11) is 1.88.